The highest BCUT2D eigenvalue weighted by Gasteiger charge is 2.20. The molecule has 380 valence electrons. The zero-order valence-corrected chi connectivity index (χ0v) is 39.8. The minimum atomic E-state index is -3.81. The molecule has 1 aromatic rings. The molecule has 1 heterocycles. The molecule has 0 saturated heterocycles. The predicted octanol–water partition coefficient (Wildman–Crippen LogP) is 2.17. The van der Waals surface area contributed by atoms with E-state index < -0.39 is 40.1 Å². The monoisotopic (exact) mass is 962 g/mol. The minimum Gasteiger partial charge on any atom is -0.481 e. The van der Waals surface area contributed by atoms with Crippen molar-refractivity contribution in [2.75, 3.05) is 78.4 Å². The predicted molar refractivity (Wildman–Crippen MR) is 244 cm³/mol. The van der Waals surface area contributed by atoms with Gasteiger partial charge in [0, 0.05) is 52.0 Å². The van der Waals surface area contributed by atoms with Crippen LogP contribution in [-0.4, -0.2) is 154 Å². The number of unbranched alkanes of at least 4 members (excludes halogenated alkanes) is 13. The number of aryl methyl sites for hydroxylation is 1. The van der Waals surface area contributed by atoms with Gasteiger partial charge in [0.25, 0.3) is 0 Å². The molecule has 1 rings (SSSR count). The molecule has 0 aliphatic rings. The molecule has 1 atom stereocenters. The summed E-state index contributed by atoms with van der Waals surface area (Å²) in [6, 6.07) is -0.634. The van der Waals surface area contributed by atoms with Crippen LogP contribution in [0.1, 0.15) is 147 Å². The zero-order valence-electron chi connectivity index (χ0n) is 39.0. The lowest BCUT2D eigenvalue weighted by molar-refractivity contribution is -0.141. The highest BCUT2D eigenvalue weighted by atomic mass is 32.2. The molecule has 8 N–H and O–H groups in total. The van der Waals surface area contributed by atoms with E-state index in [4.69, 9.17) is 29.8 Å². The number of sulfonamides is 1. The molecule has 1 aromatic heterocycles. The van der Waals surface area contributed by atoms with Gasteiger partial charge in [-0.3, -0.25) is 38.8 Å². The first-order chi connectivity index (χ1) is 31.9. The van der Waals surface area contributed by atoms with E-state index in [-0.39, 0.29) is 108 Å². The van der Waals surface area contributed by atoms with Crippen LogP contribution in [0.5, 0.6) is 0 Å². The highest BCUT2D eigenvalue weighted by molar-refractivity contribution is 7.90. The number of Topliss-reactive ketones (excluding diaryl/α,β-unsaturated/α-hetero) is 2. The van der Waals surface area contributed by atoms with Crippen molar-refractivity contribution >= 4 is 45.3 Å². The number of aromatic amines is 1. The van der Waals surface area contributed by atoms with Crippen LogP contribution in [0.2, 0.25) is 0 Å². The third kappa shape index (κ3) is 38.1. The third-order valence-electron chi connectivity index (χ3n) is 10.2. The van der Waals surface area contributed by atoms with Crippen molar-refractivity contribution in [3.63, 3.8) is 0 Å². The summed E-state index contributed by atoms with van der Waals surface area (Å²) in [6.07, 6.45) is 17.5. The van der Waals surface area contributed by atoms with Crippen LogP contribution in [0, 0.1) is 0 Å². The number of hydrogen-bond donors (Lipinski definition) is 7. The van der Waals surface area contributed by atoms with Gasteiger partial charge in [-0.1, -0.05) is 75.8 Å². The second-order valence-corrected chi connectivity index (χ2v) is 17.9. The lowest BCUT2D eigenvalue weighted by Crippen LogP contribution is -2.41. The smallest absolute Gasteiger partial charge is 0.310 e. The molecule has 0 spiro atoms. The Labute approximate surface area is 390 Å². The standard InChI is InChI=1S/C43H79N9O13S/c44-35-47-37(38(54)32-43(58)59)19-14-15-23-45-42(57)34-65-30-27-62-25-16-18-36(53)33-64-29-28-63-26-24-46-40(55)22-17-31-66(60,61)50-41(56)21-13-11-9-7-5-3-1-2-4-6-8-10-12-20-39-48-51-52-49-39/h37,47H,1-35,44H2,(H,45,57)(H,46,55)(H,50,56)(H,58,59)(H,48,49,51,52)/t37-/m0/s1. The van der Waals surface area contributed by atoms with Gasteiger partial charge in [0.2, 0.25) is 27.7 Å². The largest absolute Gasteiger partial charge is 0.481 e. The number of aromatic nitrogens is 4. The first-order valence-electron chi connectivity index (χ1n) is 23.7. The number of nitrogens with zero attached hydrogens (tertiary/aromatic N) is 3. The lowest BCUT2D eigenvalue weighted by atomic mass is 10.0. The number of ether oxygens (including phenoxy) is 4. The van der Waals surface area contributed by atoms with Crippen LogP contribution < -0.4 is 26.4 Å². The molecule has 0 aromatic carbocycles. The number of nitrogens with two attached hydrogens (primary N) is 1. The molecule has 3 amide bonds. The molecule has 0 aliphatic carbocycles. The van der Waals surface area contributed by atoms with Gasteiger partial charge in [-0.2, -0.15) is 5.21 Å². The maximum absolute atomic E-state index is 12.3. The van der Waals surface area contributed by atoms with Crippen LogP contribution in [0.4, 0.5) is 0 Å². The fourth-order valence-corrected chi connectivity index (χ4v) is 7.70. The quantitative estimate of drug-likeness (QED) is 0.0280. The number of carboxylic acids is 1. The minimum absolute atomic E-state index is 0.00735. The lowest BCUT2D eigenvalue weighted by Gasteiger charge is -2.15. The summed E-state index contributed by atoms with van der Waals surface area (Å²) in [5.41, 5.74) is 5.42. The summed E-state index contributed by atoms with van der Waals surface area (Å²) >= 11 is 0. The molecule has 0 aliphatic heterocycles. The van der Waals surface area contributed by atoms with E-state index in [0.29, 0.717) is 45.3 Å². The summed E-state index contributed by atoms with van der Waals surface area (Å²) < 4.78 is 48.1. The number of carboxylic acid groups (broad SMARTS) is 1. The first-order valence-corrected chi connectivity index (χ1v) is 25.4. The van der Waals surface area contributed by atoms with Gasteiger partial charge in [0.15, 0.2) is 17.4 Å². The highest BCUT2D eigenvalue weighted by Crippen LogP contribution is 2.14. The van der Waals surface area contributed by atoms with Gasteiger partial charge in [-0.25, -0.2) is 8.42 Å². The number of H-pyrrole nitrogens is 1. The van der Waals surface area contributed by atoms with Gasteiger partial charge < -0.3 is 40.4 Å². The number of tetrazole rings is 1. The Morgan fingerprint density at radius 1 is 0.621 bits per heavy atom. The van der Waals surface area contributed by atoms with Gasteiger partial charge in [0.05, 0.1) is 44.8 Å². The van der Waals surface area contributed by atoms with Crippen molar-refractivity contribution in [1.82, 2.24) is 41.3 Å². The van der Waals surface area contributed by atoms with Crippen LogP contribution in [-0.2, 0) is 64.2 Å². The summed E-state index contributed by atoms with van der Waals surface area (Å²) in [6.45, 7) is 1.89. The topological polar surface area (TPSA) is 322 Å². The fraction of sp³-hybridized carbons (Fsp3) is 0.837. The Bertz CT molecular complexity index is 1560. The number of carbonyl (C=O) groups excluding carboxylic acids is 5. The first kappa shape index (κ1) is 60.0. The van der Waals surface area contributed by atoms with E-state index in [1.807, 2.05) is 0 Å². The van der Waals surface area contributed by atoms with E-state index in [9.17, 15) is 37.2 Å². The molecule has 23 heteroatoms. The number of carbonyl (C=O) groups is 6. The van der Waals surface area contributed by atoms with E-state index in [2.05, 4.69) is 41.3 Å². The molecular weight excluding hydrogens is 883 g/mol. The van der Waals surface area contributed by atoms with Crippen LogP contribution >= 0.6 is 0 Å². The zero-order chi connectivity index (χ0) is 48.4. The number of rotatable bonds is 48. The third-order valence-corrected chi connectivity index (χ3v) is 11.5. The Balaban J connectivity index is 1.86. The van der Waals surface area contributed by atoms with E-state index in [1.54, 1.807) is 0 Å². The van der Waals surface area contributed by atoms with E-state index >= 15 is 0 Å². The molecule has 66 heavy (non-hydrogen) atoms. The Hall–Kier alpha value is -4.00. The Morgan fingerprint density at radius 2 is 1.21 bits per heavy atom. The van der Waals surface area contributed by atoms with Crippen molar-refractivity contribution < 1.29 is 61.2 Å². The number of aliphatic carboxylic acids is 1. The van der Waals surface area contributed by atoms with Crippen LogP contribution in [0.15, 0.2) is 0 Å². The Morgan fingerprint density at radius 3 is 1.85 bits per heavy atom. The summed E-state index contributed by atoms with van der Waals surface area (Å²) in [4.78, 5) is 70.9. The molecule has 0 radical (unpaired) electrons. The van der Waals surface area contributed by atoms with Crippen molar-refractivity contribution in [3.05, 3.63) is 5.82 Å². The van der Waals surface area contributed by atoms with Gasteiger partial charge in [0.1, 0.15) is 19.6 Å². The maximum atomic E-state index is 12.3. The number of amides is 3. The van der Waals surface area contributed by atoms with Crippen LogP contribution in [0.3, 0.4) is 0 Å². The van der Waals surface area contributed by atoms with Crippen molar-refractivity contribution in [2.45, 2.75) is 154 Å². The number of nitrogens with one attached hydrogen (secondary N) is 5. The summed E-state index contributed by atoms with van der Waals surface area (Å²) in [5, 5.41) is 30.9. The summed E-state index contributed by atoms with van der Waals surface area (Å²) in [5.74, 6) is -2.39. The Kier molecular flexibility index (Phi) is 37.5. The number of ketones is 2. The van der Waals surface area contributed by atoms with Crippen LogP contribution in [0.25, 0.3) is 0 Å². The van der Waals surface area contributed by atoms with E-state index in [0.717, 1.165) is 37.9 Å². The second-order valence-electron chi connectivity index (χ2n) is 16.0. The van der Waals surface area contributed by atoms with Crippen molar-refractivity contribution in [2.24, 2.45) is 5.73 Å². The molecule has 0 unspecified atom stereocenters. The molecular formula is C43H79N9O13S. The molecule has 0 saturated carbocycles. The normalized spacial score (nSPS) is 11.9. The van der Waals surface area contributed by atoms with Gasteiger partial charge >= 0.3 is 5.97 Å². The second kappa shape index (κ2) is 41.2. The average Bonchev–Trinajstić information content (AvgIpc) is 3.79. The average molecular weight is 962 g/mol. The summed E-state index contributed by atoms with van der Waals surface area (Å²) in [7, 11) is -3.81. The molecule has 22 nitrogen and oxygen atoms in total. The molecule has 0 fully saturated rings. The number of hydrogen-bond acceptors (Lipinski definition) is 17. The van der Waals surface area contributed by atoms with Gasteiger partial charge in [-0.05, 0) is 44.9 Å². The SMILES string of the molecule is NCN[C@@H](CCCCNC(=O)COCCOCCCC(=O)COCCOCCNC(=O)CCCS(=O)(=O)NC(=O)CCCCCCCCCCCCCCCc1nn[nH]n1)C(=O)CC(=O)O. The fourth-order valence-electron chi connectivity index (χ4n) is 6.63. The maximum Gasteiger partial charge on any atom is 0.310 e. The van der Waals surface area contributed by atoms with Crippen molar-refractivity contribution in [3.8, 4) is 0 Å². The van der Waals surface area contributed by atoms with Gasteiger partial charge in [-0.15, -0.1) is 10.2 Å². The molecule has 0 bridgehead atoms. The van der Waals surface area contributed by atoms with Crippen molar-refractivity contribution in [1.29, 1.82) is 0 Å². The van der Waals surface area contributed by atoms with E-state index in [1.165, 1.54) is 51.4 Å².